The molecule has 1 aromatic heterocycles. The van der Waals surface area contributed by atoms with Gasteiger partial charge in [0.2, 0.25) is 11.8 Å². The number of aromatic carboxylic acids is 1. The fourth-order valence-electron chi connectivity index (χ4n) is 3.20. The van der Waals surface area contributed by atoms with Crippen LogP contribution in [0.4, 0.5) is 0 Å². The molecule has 1 aromatic rings. The highest BCUT2D eigenvalue weighted by molar-refractivity contribution is 5.88. The summed E-state index contributed by atoms with van der Waals surface area (Å²) in [6.45, 7) is 6.66. The maximum absolute atomic E-state index is 12.7. The molecule has 2 heterocycles. The van der Waals surface area contributed by atoms with E-state index in [0.29, 0.717) is 24.6 Å². The number of aryl methyl sites for hydroxylation is 1. The Kier molecular flexibility index (Phi) is 5.87. The van der Waals surface area contributed by atoms with Crippen LogP contribution in [0.3, 0.4) is 0 Å². The average Bonchev–Trinajstić information content (AvgIpc) is 2.93. The van der Waals surface area contributed by atoms with Crippen molar-refractivity contribution in [2.75, 3.05) is 20.1 Å². The van der Waals surface area contributed by atoms with Crippen molar-refractivity contribution in [2.45, 2.75) is 40.2 Å². The minimum atomic E-state index is -1.04. The lowest BCUT2D eigenvalue weighted by atomic mass is 9.95. The topological polar surface area (TPSA) is 91.1 Å². The lowest BCUT2D eigenvalue weighted by Gasteiger charge is -2.34. The molecular formula is C18H26N2O5. The SMILES string of the molecule is Cc1oc(CN(C)C(=O)C2CCCN(C(=O)C(C)C)C2)cc1C(=O)O. The monoisotopic (exact) mass is 350 g/mol. The Morgan fingerprint density at radius 3 is 2.64 bits per heavy atom. The van der Waals surface area contributed by atoms with Crippen LogP contribution >= 0.6 is 0 Å². The number of hydrogen-bond acceptors (Lipinski definition) is 4. The zero-order chi connectivity index (χ0) is 18.7. The largest absolute Gasteiger partial charge is 0.478 e. The summed E-state index contributed by atoms with van der Waals surface area (Å²) < 4.78 is 5.44. The van der Waals surface area contributed by atoms with E-state index in [0.717, 1.165) is 12.8 Å². The Morgan fingerprint density at radius 2 is 2.08 bits per heavy atom. The van der Waals surface area contributed by atoms with Crippen LogP contribution in [0.25, 0.3) is 0 Å². The molecule has 25 heavy (non-hydrogen) atoms. The second-order valence-electron chi connectivity index (χ2n) is 6.96. The molecule has 0 radical (unpaired) electrons. The smallest absolute Gasteiger partial charge is 0.339 e. The second kappa shape index (κ2) is 7.72. The summed E-state index contributed by atoms with van der Waals surface area (Å²) in [5, 5.41) is 9.07. The summed E-state index contributed by atoms with van der Waals surface area (Å²) in [7, 11) is 1.67. The summed E-state index contributed by atoms with van der Waals surface area (Å²) in [4.78, 5) is 39.2. The number of carboxylic acids is 1. The van der Waals surface area contributed by atoms with Crippen LogP contribution in [0.2, 0.25) is 0 Å². The quantitative estimate of drug-likeness (QED) is 0.878. The Hall–Kier alpha value is -2.31. The maximum atomic E-state index is 12.7. The van der Waals surface area contributed by atoms with Crippen LogP contribution in [0.5, 0.6) is 0 Å². The van der Waals surface area contributed by atoms with Crippen molar-refractivity contribution < 1.29 is 23.9 Å². The molecular weight excluding hydrogens is 324 g/mol. The molecule has 0 aliphatic carbocycles. The molecule has 0 bridgehead atoms. The van der Waals surface area contributed by atoms with Gasteiger partial charge in [0, 0.05) is 26.1 Å². The number of likely N-dealkylation sites (tertiary alicyclic amines) is 1. The van der Waals surface area contributed by atoms with Crippen LogP contribution in [0.1, 0.15) is 48.6 Å². The van der Waals surface area contributed by atoms with Crippen LogP contribution in [0.15, 0.2) is 10.5 Å². The molecule has 7 nitrogen and oxygen atoms in total. The fourth-order valence-corrected chi connectivity index (χ4v) is 3.20. The first-order chi connectivity index (χ1) is 11.7. The third-order valence-corrected chi connectivity index (χ3v) is 4.54. The van der Waals surface area contributed by atoms with Gasteiger partial charge in [0.05, 0.1) is 12.5 Å². The van der Waals surface area contributed by atoms with Gasteiger partial charge in [-0.2, -0.15) is 0 Å². The van der Waals surface area contributed by atoms with Crippen molar-refractivity contribution in [1.82, 2.24) is 9.80 Å². The first-order valence-electron chi connectivity index (χ1n) is 8.57. The molecule has 1 N–H and O–H groups in total. The van der Waals surface area contributed by atoms with Gasteiger partial charge in [-0.3, -0.25) is 9.59 Å². The Balaban J connectivity index is 2.00. The van der Waals surface area contributed by atoms with Crippen molar-refractivity contribution in [2.24, 2.45) is 11.8 Å². The van der Waals surface area contributed by atoms with E-state index in [2.05, 4.69) is 0 Å². The highest BCUT2D eigenvalue weighted by Gasteiger charge is 2.31. The molecule has 1 fully saturated rings. The van der Waals surface area contributed by atoms with Gasteiger partial charge in [0.1, 0.15) is 17.1 Å². The fraction of sp³-hybridized carbons (Fsp3) is 0.611. The summed E-state index contributed by atoms with van der Waals surface area (Å²) in [5.41, 5.74) is 0.113. The van der Waals surface area contributed by atoms with Gasteiger partial charge in [0.15, 0.2) is 0 Å². The molecule has 0 aromatic carbocycles. The molecule has 7 heteroatoms. The number of piperidine rings is 1. The van der Waals surface area contributed by atoms with Gasteiger partial charge >= 0.3 is 5.97 Å². The summed E-state index contributed by atoms with van der Waals surface area (Å²) in [6.07, 6.45) is 1.56. The Labute approximate surface area is 147 Å². The van der Waals surface area contributed by atoms with Crippen molar-refractivity contribution in [3.8, 4) is 0 Å². The Bertz CT molecular complexity index is 664. The van der Waals surface area contributed by atoms with Crippen molar-refractivity contribution >= 4 is 17.8 Å². The van der Waals surface area contributed by atoms with Crippen molar-refractivity contribution in [1.29, 1.82) is 0 Å². The number of carbonyl (C=O) groups excluding carboxylic acids is 2. The van der Waals surface area contributed by atoms with Gasteiger partial charge in [0.25, 0.3) is 0 Å². The molecule has 0 saturated carbocycles. The molecule has 138 valence electrons. The summed E-state index contributed by atoms with van der Waals surface area (Å²) in [6, 6.07) is 1.46. The third-order valence-electron chi connectivity index (χ3n) is 4.54. The van der Waals surface area contributed by atoms with E-state index >= 15 is 0 Å². The van der Waals surface area contributed by atoms with E-state index in [4.69, 9.17) is 9.52 Å². The highest BCUT2D eigenvalue weighted by Crippen LogP contribution is 2.22. The highest BCUT2D eigenvalue weighted by atomic mass is 16.4. The minimum Gasteiger partial charge on any atom is -0.478 e. The second-order valence-corrected chi connectivity index (χ2v) is 6.96. The van der Waals surface area contributed by atoms with Crippen LogP contribution in [0, 0.1) is 18.8 Å². The van der Waals surface area contributed by atoms with Crippen LogP contribution in [-0.4, -0.2) is 52.8 Å². The Morgan fingerprint density at radius 1 is 1.40 bits per heavy atom. The number of amides is 2. The van der Waals surface area contributed by atoms with Gasteiger partial charge in [-0.1, -0.05) is 13.8 Å². The molecule has 1 aliphatic heterocycles. The number of furan rings is 1. The van der Waals surface area contributed by atoms with Crippen LogP contribution < -0.4 is 0 Å². The number of nitrogens with zero attached hydrogens (tertiary/aromatic N) is 2. The number of carboxylic acid groups (broad SMARTS) is 1. The number of rotatable bonds is 5. The normalized spacial score (nSPS) is 17.6. The first kappa shape index (κ1) is 19.0. The van der Waals surface area contributed by atoms with Crippen LogP contribution in [-0.2, 0) is 16.1 Å². The predicted molar refractivity (Wildman–Crippen MR) is 91.0 cm³/mol. The summed E-state index contributed by atoms with van der Waals surface area (Å²) >= 11 is 0. The third kappa shape index (κ3) is 4.41. The van der Waals surface area contributed by atoms with Gasteiger partial charge in [-0.25, -0.2) is 4.79 Å². The van der Waals surface area contributed by atoms with Gasteiger partial charge in [-0.05, 0) is 25.8 Å². The van der Waals surface area contributed by atoms with Crippen molar-refractivity contribution in [3.63, 3.8) is 0 Å². The van der Waals surface area contributed by atoms with E-state index in [-0.39, 0.29) is 35.8 Å². The standard InChI is InChI=1S/C18H26N2O5/c1-11(2)16(21)20-7-5-6-13(9-20)17(22)19(4)10-14-8-15(18(23)24)12(3)25-14/h8,11,13H,5-7,9-10H2,1-4H3,(H,23,24). The lowest BCUT2D eigenvalue weighted by Crippen LogP contribution is -2.46. The molecule has 1 atom stereocenters. The van der Waals surface area contributed by atoms with E-state index in [1.165, 1.54) is 11.0 Å². The summed E-state index contributed by atoms with van der Waals surface area (Å²) in [5.74, 6) is -0.549. The van der Waals surface area contributed by atoms with Gasteiger partial charge in [-0.15, -0.1) is 0 Å². The van der Waals surface area contributed by atoms with E-state index < -0.39 is 5.97 Å². The van der Waals surface area contributed by atoms with E-state index in [9.17, 15) is 14.4 Å². The predicted octanol–water partition coefficient (Wildman–Crippen LogP) is 2.14. The first-order valence-corrected chi connectivity index (χ1v) is 8.57. The lowest BCUT2D eigenvalue weighted by molar-refractivity contribution is -0.142. The zero-order valence-corrected chi connectivity index (χ0v) is 15.2. The van der Waals surface area contributed by atoms with Gasteiger partial charge < -0.3 is 19.3 Å². The van der Waals surface area contributed by atoms with Crippen molar-refractivity contribution in [3.05, 3.63) is 23.2 Å². The zero-order valence-electron chi connectivity index (χ0n) is 15.2. The molecule has 1 saturated heterocycles. The number of carbonyl (C=O) groups is 3. The molecule has 0 spiro atoms. The molecule has 1 unspecified atom stereocenters. The number of hydrogen-bond donors (Lipinski definition) is 1. The van der Waals surface area contributed by atoms with E-state index in [1.54, 1.807) is 18.9 Å². The van der Waals surface area contributed by atoms with E-state index in [1.807, 2.05) is 13.8 Å². The minimum absolute atomic E-state index is 0.0489. The molecule has 1 aliphatic rings. The maximum Gasteiger partial charge on any atom is 0.339 e. The average molecular weight is 350 g/mol. The molecule has 2 rings (SSSR count). The molecule has 2 amide bonds.